The second-order valence-electron chi connectivity index (χ2n) is 8.06. The van der Waals surface area contributed by atoms with Gasteiger partial charge < -0.3 is 24.4 Å². The van der Waals surface area contributed by atoms with Crippen LogP contribution in [0.4, 0.5) is 13.2 Å². The second-order valence-corrected chi connectivity index (χ2v) is 8.06. The molecule has 0 aliphatic rings. The van der Waals surface area contributed by atoms with Gasteiger partial charge in [-0.3, -0.25) is 0 Å². The molecule has 186 valence electrons. The summed E-state index contributed by atoms with van der Waals surface area (Å²) >= 11 is 0. The van der Waals surface area contributed by atoms with Crippen LogP contribution >= 0.6 is 0 Å². The molecule has 0 aliphatic heterocycles. The number of ether oxygens (including phenoxy) is 3. The molecule has 8 heteroatoms. The van der Waals surface area contributed by atoms with Gasteiger partial charge in [0.15, 0.2) is 23.0 Å². The summed E-state index contributed by atoms with van der Waals surface area (Å²) < 4.78 is 56.2. The SMILES string of the molecule is COc1cc(-c2cccc(C(F)(F)F)c2)c(OC)c(O)c1-c1ccc(OCCC=C(C)C)c(O)c1. The molecule has 0 fully saturated rings. The fourth-order valence-corrected chi connectivity index (χ4v) is 3.66. The molecular formula is C27H27F3O5. The fourth-order valence-electron chi connectivity index (χ4n) is 3.66. The first-order valence-electron chi connectivity index (χ1n) is 10.8. The molecular weight excluding hydrogens is 461 g/mol. The summed E-state index contributed by atoms with van der Waals surface area (Å²) in [4.78, 5) is 0. The van der Waals surface area contributed by atoms with Crippen molar-refractivity contribution in [1.82, 2.24) is 0 Å². The first-order chi connectivity index (χ1) is 16.6. The molecule has 0 aliphatic carbocycles. The maximum atomic E-state index is 13.2. The molecule has 3 rings (SSSR count). The van der Waals surface area contributed by atoms with Crippen molar-refractivity contribution in [2.75, 3.05) is 20.8 Å². The van der Waals surface area contributed by atoms with Crippen LogP contribution in [0.3, 0.4) is 0 Å². The lowest BCUT2D eigenvalue weighted by Crippen LogP contribution is -2.04. The van der Waals surface area contributed by atoms with Crippen LogP contribution in [-0.2, 0) is 6.18 Å². The number of halogens is 3. The third-order valence-electron chi connectivity index (χ3n) is 5.32. The highest BCUT2D eigenvalue weighted by atomic mass is 19.4. The maximum Gasteiger partial charge on any atom is 0.416 e. The number of phenolic OH excluding ortho intramolecular Hbond substituents is 2. The highest BCUT2D eigenvalue weighted by molar-refractivity contribution is 5.88. The zero-order chi connectivity index (χ0) is 25.8. The van der Waals surface area contributed by atoms with E-state index in [9.17, 15) is 23.4 Å². The minimum absolute atomic E-state index is 0.0262. The summed E-state index contributed by atoms with van der Waals surface area (Å²) in [6.45, 7) is 4.35. The highest BCUT2D eigenvalue weighted by Crippen LogP contribution is 2.50. The van der Waals surface area contributed by atoms with Gasteiger partial charge >= 0.3 is 6.18 Å². The van der Waals surface area contributed by atoms with E-state index in [1.807, 2.05) is 19.9 Å². The lowest BCUT2D eigenvalue weighted by molar-refractivity contribution is -0.137. The molecule has 35 heavy (non-hydrogen) atoms. The Hall–Kier alpha value is -3.81. The molecule has 0 radical (unpaired) electrons. The average molecular weight is 489 g/mol. The number of rotatable bonds is 8. The van der Waals surface area contributed by atoms with Crippen molar-refractivity contribution in [2.45, 2.75) is 26.4 Å². The van der Waals surface area contributed by atoms with Crippen molar-refractivity contribution in [3.63, 3.8) is 0 Å². The predicted octanol–water partition coefficient (Wildman–Crippen LogP) is 7.20. The minimum Gasteiger partial charge on any atom is -0.504 e. The summed E-state index contributed by atoms with van der Waals surface area (Å²) in [5.74, 6) is -0.0334. The van der Waals surface area contributed by atoms with E-state index in [4.69, 9.17) is 14.2 Å². The Kier molecular flexibility index (Phi) is 7.84. The number of aromatic hydroxyl groups is 2. The molecule has 0 spiro atoms. The molecule has 0 unspecified atom stereocenters. The van der Waals surface area contributed by atoms with Crippen LogP contribution in [-0.4, -0.2) is 31.0 Å². The normalized spacial score (nSPS) is 11.2. The molecule has 0 saturated carbocycles. The number of methoxy groups -OCH3 is 2. The Morgan fingerprint density at radius 1 is 0.914 bits per heavy atom. The number of benzene rings is 3. The molecule has 5 nitrogen and oxygen atoms in total. The number of allylic oxidation sites excluding steroid dienone is 1. The van der Waals surface area contributed by atoms with E-state index in [0.29, 0.717) is 18.6 Å². The molecule has 0 aromatic heterocycles. The van der Waals surface area contributed by atoms with E-state index in [0.717, 1.165) is 12.1 Å². The molecule has 3 aromatic rings. The minimum atomic E-state index is -4.53. The van der Waals surface area contributed by atoms with Gasteiger partial charge in [-0.1, -0.05) is 29.8 Å². The van der Waals surface area contributed by atoms with E-state index < -0.39 is 11.7 Å². The fraction of sp³-hybridized carbons (Fsp3) is 0.259. The number of hydrogen-bond acceptors (Lipinski definition) is 5. The molecule has 0 bridgehead atoms. The Bertz CT molecular complexity index is 1230. The van der Waals surface area contributed by atoms with Gasteiger partial charge in [-0.15, -0.1) is 0 Å². The van der Waals surface area contributed by atoms with Crippen molar-refractivity contribution < 1.29 is 37.6 Å². The van der Waals surface area contributed by atoms with Gasteiger partial charge in [-0.05, 0) is 61.7 Å². The Balaban J connectivity index is 2.05. The first kappa shape index (κ1) is 25.8. The maximum absolute atomic E-state index is 13.2. The summed E-state index contributed by atoms with van der Waals surface area (Å²) in [7, 11) is 2.69. The van der Waals surface area contributed by atoms with E-state index in [-0.39, 0.29) is 45.4 Å². The van der Waals surface area contributed by atoms with Gasteiger partial charge in [0, 0.05) is 5.56 Å². The molecule has 3 aromatic carbocycles. The topological polar surface area (TPSA) is 68.2 Å². The van der Waals surface area contributed by atoms with Gasteiger partial charge in [0.05, 0.1) is 32.0 Å². The summed E-state index contributed by atoms with van der Waals surface area (Å²) in [5.41, 5.74) is 1.37. The second kappa shape index (κ2) is 10.6. The van der Waals surface area contributed by atoms with Crippen molar-refractivity contribution in [3.05, 3.63) is 65.7 Å². The first-order valence-corrected chi connectivity index (χ1v) is 10.8. The van der Waals surface area contributed by atoms with Gasteiger partial charge in [0.2, 0.25) is 0 Å². The predicted molar refractivity (Wildman–Crippen MR) is 128 cm³/mol. The zero-order valence-electron chi connectivity index (χ0n) is 19.9. The molecule has 0 heterocycles. The van der Waals surface area contributed by atoms with Crippen LogP contribution in [0.2, 0.25) is 0 Å². The number of phenols is 2. The Morgan fingerprint density at radius 2 is 1.66 bits per heavy atom. The monoisotopic (exact) mass is 488 g/mol. The van der Waals surface area contributed by atoms with E-state index in [2.05, 4.69) is 0 Å². The zero-order valence-corrected chi connectivity index (χ0v) is 19.9. The van der Waals surface area contributed by atoms with Crippen LogP contribution in [0.1, 0.15) is 25.8 Å². The largest absolute Gasteiger partial charge is 0.504 e. The molecule has 0 atom stereocenters. The van der Waals surface area contributed by atoms with E-state index in [1.54, 1.807) is 12.1 Å². The van der Waals surface area contributed by atoms with E-state index >= 15 is 0 Å². The van der Waals surface area contributed by atoms with Crippen LogP contribution in [0.15, 0.2) is 60.2 Å². The number of alkyl halides is 3. The summed E-state index contributed by atoms with van der Waals surface area (Å²) in [6, 6.07) is 10.8. The van der Waals surface area contributed by atoms with Crippen molar-refractivity contribution >= 4 is 0 Å². The summed E-state index contributed by atoms with van der Waals surface area (Å²) in [5, 5.41) is 21.5. The van der Waals surface area contributed by atoms with Gasteiger partial charge in [0.25, 0.3) is 0 Å². The third kappa shape index (κ3) is 5.82. The average Bonchev–Trinajstić information content (AvgIpc) is 2.81. The Morgan fingerprint density at radius 3 is 2.26 bits per heavy atom. The molecule has 0 saturated heterocycles. The lowest BCUT2D eigenvalue weighted by atomic mass is 9.95. The van der Waals surface area contributed by atoms with Crippen LogP contribution in [0.5, 0.6) is 28.7 Å². The van der Waals surface area contributed by atoms with Gasteiger partial charge in [0.1, 0.15) is 5.75 Å². The van der Waals surface area contributed by atoms with Crippen LogP contribution in [0.25, 0.3) is 22.3 Å². The quantitative estimate of drug-likeness (QED) is 0.259. The van der Waals surface area contributed by atoms with Crippen LogP contribution < -0.4 is 14.2 Å². The smallest absolute Gasteiger partial charge is 0.416 e. The lowest BCUT2D eigenvalue weighted by Gasteiger charge is -2.19. The Labute approximate surface area is 202 Å². The highest BCUT2D eigenvalue weighted by Gasteiger charge is 2.31. The number of hydrogen-bond donors (Lipinski definition) is 2. The van der Waals surface area contributed by atoms with Gasteiger partial charge in [-0.2, -0.15) is 13.2 Å². The van der Waals surface area contributed by atoms with Crippen molar-refractivity contribution in [1.29, 1.82) is 0 Å². The van der Waals surface area contributed by atoms with Crippen molar-refractivity contribution in [3.8, 4) is 51.0 Å². The third-order valence-corrected chi connectivity index (χ3v) is 5.32. The van der Waals surface area contributed by atoms with Gasteiger partial charge in [-0.25, -0.2) is 0 Å². The molecule has 2 N–H and O–H groups in total. The standard InChI is InChI=1S/C27H27F3O5/c1-16(2)7-6-12-35-22-11-10-18(14-21(22)31)24-23(33-3)15-20(26(34-4)25(24)32)17-8-5-9-19(13-17)27(28,29)30/h5,7-11,13-15,31-32H,6,12H2,1-4H3. The van der Waals surface area contributed by atoms with Crippen LogP contribution in [0, 0.1) is 0 Å². The molecule has 0 amide bonds. The van der Waals surface area contributed by atoms with E-state index in [1.165, 1.54) is 44.1 Å². The summed E-state index contributed by atoms with van der Waals surface area (Å²) in [6.07, 6.45) is -1.82. The van der Waals surface area contributed by atoms with Crippen molar-refractivity contribution in [2.24, 2.45) is 0 Å².